The van der Waals surface area contributed by atoms with Crippen molar-refractivity contribution in [3.05, 3.63) is 0 Å². The first-order valence-electron chi connectivity index (χ1n) is 5.56. The minimum atomic E-state index is -0.103. The van der Waals surface area contributed by atoms with E-state index in [9.17, 15) is 0 Å². The highest BCUT2D eigenvalue weighted by atomic mass is 16.5. The van der Waals surface area contributed by atoms with Crippen LogP contribution in [-0.4, -0.2) is 38.5 Å². The van der Waals surface area contributed by atoms with Crippen LogP contribution in [0, 0.1) is 11.3 Å². The van der Waals surface area contributed by atoms with E-state index in [4.69, 9.17) is 14.7 Å². The summed E-state index contributed by atoms with van der Waals surface area (Å²) in [6, 6.07) is 2.10. The fraction of sp³-hybridized carbons (Fsp3) is 0.909. The second-order valence-electron chi connectivity index (χ2n) is 3.37. The van der Waals surface area contributed by atoms with Crippen molar-refractivity contribution in [1.82, 2.24) is 5.32 Å². The summed E-state index contributed by atoms with van der Waals surface area (Å²) in [5, 5.41) is 11.8. The molecule has 4 nitrogen and oxygen atoms in total. The van der Waals surface area contributed by atoms with Gasteiger partial charge in [0.25, 0.3) is 0 Å². The minimum absolute atomic E-state index is 0.103. The van der Waals surface area contributed by atoms with Crippen LogP contribution in [0.15, 0.2) is 0 Å². The van der Waals surface area contributed by atoms with Gasteiger partial charge in [-0.2, -0.15) is 5.26 Å². The van der Waals surface area contributed by atoms with Gasteiger partial charge >= 0.3 is 0 Å². The van der Waals surface area contributed by atoms with Crippen LogP contribution in [0.5, 0.6) is 0 Å². The maximum Gasteiger partial charge on any atom is 0.0974 e. The van der Waals surface area contributed by atoms with Gasteiger partial charge in [0.1, 0.15) is 0 Å². The number of hydrogen-bond donors (Lipinski definition) is 1. The van der Waals surface area contributed by atoms with Crippen molar-refractivity contribution in [3.8, 4) is 6.07 Å². The molecule has 0 aliphatic heterocycles. The second-order valence-corrected chi connectivity index (χ2v) is 3.37. The van der Waals surface area contributed by atoms with Crippen molar-refractivity contribution in [3.63, 3.8) is 0 Å². The molecule has 0 rings (SSSR count). The minimum Gasteiger partial charge on any atom is -0.379 e. The SMILES string of the molecule is CCNC(C#N)CCOC(C)COCC. The Kier molecular flexibility index (Phi) is 9.49. The van der Waals surface area contributed by atoms with Crippen LogP contribution in [0.25, 0.3) is 0 Å². The van der Waals surface area contributed by atoms with E-state index in [0.717, 1.165) is 13.0 Å². The molecule has 0 aromatic rings. The van der Waals surface area contributed by atoms with Crippen molar-refractivity contribution in [1.29, 1.82) is 5.26 Å². The summed E-state index contributed by atoms with van der Waals surface area (Å²) in [5.41, 5.74) is 0. The number of nitrogens with zero attached hydrogens (tertiary/aromatic N) is 1. The third-order valence-electron chi connectivity index (χ3n) is 1.97. The molecule has 0 aromatic carbocycles. The topological polar surface area (TPSA) is 54.3 Å². The molecule has 0 heterocycles. The summed E-state index contributed by atoms with van der Waals surface area (Å²) < 4.78 is 10.7. The molecule has 0 aromatic heterocycles. The molecule has 88 valence electrons. The van der Waals surface area contributed by atoms with Crippen LogP contribution in [0.1, 0.15) is 27.2 Å². The van der Waals surface area contributed by atoms with Gasteiger partial charge in [-0.1, -0.05) is 6.92 Å². The smallest absolute Gasteiger partial charge is 0.0974 e. The number of nitrogens with one attached hydrogen (secondary N) is 1. The lowest BCUT2D eigenvalue weighted by molar-refractivity contribution is -0.00512. The molecule has 0 aliphatic rings. The Morgan fingerprint density at radius 3 is 2.67 bits per heavy atom. The molecular formula is C11H22N2O2. The Hall–Kier alpha value is -0.630. The molecular weight excluding hydrogens is 192 g/mol. The van der Waals surface area contributed by atoms with Crippen LogP contribution in [0.2, 0.25) is 0 Å². The highest BCUT2D eigenvalue weighted by Crippen LogP contribution is 1.97. The zero-order chi connectivity index (χ0) is 11.5. The molecule has 0 spiro atoms. The van der Waals surface area contributed by atoms with Gasteiger partial charge in [-0.15, -0.1) is 0 Å². The third-order valence-corrected chi connectivity index (χ3v) is 1.97. The first kappa shape index (κ1) is 14.4. The second kappa shape index (κ2) is 9.91. The fourth-order valence-electron chi connectivity index (χ4n) is 1.18. The Bertz CT molecular complexity index is 180. The summed E-state index contributed by atoms with van der Waals surface area (Å²) in [5.74, 6) is 0. The van der Waals surface area contributed by atoms with Crippen LogP contribution >= 0.6 is 0 Å². The first-order chi connectivity index (χ1) is 7.24. The van der Waals surface area contributed by atoms with Gasteiger partial charge in [-0.05, 0) is 26.8 Å². The molecule has 0 amide bonds. The van der Waals surface area contributed by atoms with E-state index in [-0.39, 0.29) is 12.1 Å². The van der Waals surface area contributed by atoms with E-state index in [1.54, 1.807) is 0 Å². The van der Waals surface area contributed by atoms with Gasteiger partial charge in [-0.3, -0.25) is 0 Å². The highest BCUT2D eigenvalue weighted by Gasteiger charge is 2.07. The molecule has 15 heavy (non-hydrogen) atoms. The zero-order valence-electron chi connectivity index (χ0n) is 9.95. The molecule has 2 unspecified atom stereocenters. The van der Waals surface area contributed by atoms with Gasteiger partial charge in [0.15, 0.2) is 0 Å². The summed E-state index contributed by atoms with van der Waals surface area (Å²) in [4.78, 5) is 0. The zero-order valence-corrected chi connectivity index (χ0v) is 9.95. The van der Waals surface area contributed by atoms with E-state index in [2.05, 4.69) is 11.4 Å². The molecule has 0 aliphatic carbocycles. The lowest BCUT2D eigenvalue weighted by Crippen LogP contribution is -2.29. The van der Waals surface area contributed by atoms with Crippen molar-refractivity contribution < 1.29 is 9.47 Å². The van der Waals surface area contributed by atoms with Gasteiger partial charge in [0.2, 0.25) is 0 Å². The largest absolute Gasteiger partial charge is 0.379 e. The number of rotatable bonds is 9. The fourth-order valence-corrected chi connectivity index (χ4v) is 1.18. The van der Waals surface area contributed by atoms with E-state index < -0.39 is 0 Å². The van der Waals surface area contributed by atoms with Crippen molar-refractivity contribution in [2.75, 3.05) is 26.4 Å². The number of hydrogen-bond acceptors (Lipinski definition) is 4. The Labute approximate surface area is 92.6 Å². The van der Waals surface area contributed by atoms with Crippen molar-refractivity contribution >= 4 is 0 Å². The lowest BCUT2D eigenvalue weighted by atomic mass is 10.2. The van der Waals surface area contributed by atoms with Gasteiger partial charge < -0.3 is 14.8 Å². The van der Waals surface area contributed by atoms with Crippen LogP contribution in [0.4, 0.5) is 0 Å². The van der Waals surface area contributed by atoms with Gasteiger partial charge in [-0.25, -0.2) is 0 Å². The van der Waals surface area contributed by atoms with Crippen molar-refractivity contribution in [2.45, 2.75) is 39.3 Å². The van der Waals surface area contributed by atoms with E-state index >= 15 is 0 Å². The molecule has 4 heteroatoms. The molecule has 0 saturated carbocycles. The average Bonchev–Trinajstić information content (AvgIpc) is 2.25. The molecule has 2 atom stereocenters. The van der Waals surface area contributed by atoms with Crippen LogP contribution in [0.3, 0.4) is 0 Å². The molecule has 0 bridgehead atoms. The monoisotopic (exact) mass is 214 g/mol. The maximum atomic E-state index is 8.77. The number of nitriles is 1. The number of ether oxygens (including phenoxy) is 2. The van der Waals surface area contributed by atoms with Crippen LogP contribution in [-0.2, 0) is 9.47 Å². The summed E-state index contributed by atoms with van der Waals surface area (Å²) in [7, 11) is 0. The van der Waals surface area contributed by atoms with Gasteiger partial charge in [0.05, 0.1) is 24.8 Å². The first-order valence-corrected chi connectivity index (χ1v) is 5.56. The van der Waals surface area contributed by atoms with Crippen LogP contribution < -0.4 is 5.32 Å². The Morgan fingerprint density at radius 2 is 2.13 bits per heavy atom. The molecule has 0 radical (unpaired) electrons. The Balaban J connectivity index is 3.46. The summed E-state index contributed by atoms with van der Waals surface area (Å²) >= 11 is 0. The lowest BCUT2D eigenvalue weighted by Gasteiger charge is -2.14. The standard InChI is InChI=1S/C11H22N2O2/c1-4-13-11(8-12)6-7-15-10(3)9-14-5-2/h10-11,13H,4-7,9H2,1-3H3. The maximum absolute atomic E-state index is 8.77. The van der Waals surface area contributed by atoms with E-state index in [0.29, 0.717) is 19.8 Å². The van der Waals surface area contributed by atoms with Gasteiger partial charge in [0, 0.05) is 13.2 Å². The Morgan fingerprint density at radius 1 is 1.40 bits per heavy atom. The summed E-state index contributed by atoms with van der Waals surface area (Å²) in [6.45, 7) is 8.67. The van der Waals surface area contributed by atoms with E-state index in [1.807, 2.05) is 20.8 Å². The quantitative estimate of drug-likeness (QED) is 0.629. The summed E-state index contributed by atoms with van der Waals surface area (Å²) in [6.07, 6.45) is 0.826. The predicted octanol–water partition coefficient (Wildman–Crippen LogP) is 1.32. The third kappa shape index (κ3) is 8.37. The van der Waals surface area contributed by atoms with Crippen molar-refractivity contribution in [2.24, 2.45) is 0 Å². The molecule has 1 N–H and O–H groups in total. The normalized spacial score (nSPS) is 14.5. The molecule has 0 fully saturated rings. The van der Waals surface area contributed by atoms with E-state index in [1.165, 1.54) is 0 Å². The molecule has 0 saturated heterocycles. The predicted molar refractivity (Wildman–Crippen MR) is 59.6 cm³/mol. The average molecular weight is 214 g/mol. The highest BCUT2D eigenvalue weighted by molar-refractivity contribution is 4.88.